The van der Waals surface area contributed by atoms with Crippen molar-refractivity contribution in [2.75, 3.05) is 17.3 Å². The van der Waals surface area contributed by atoms with Crippen molar-refractivity contribution < 1.29 is 18.3 Å². The maximum atomic E-state index is 14.7. The van der Waals surface area contributed by atoms with Gasteiger partial charge in [0.05, 0.1) is 17.4 Å². The van der Waals surface area contributed by atoms with Gasteiger partial charge in [-0.25, -0.2) is 8.78 Å². The summed E-state index contributed by atoms with van der Waals surface area (Å²) in [7, 11) is 1.56. The zero-order valence-corrected chi connectivity index (χ0v) is 21.5. The van der Waals surface area contributed by atoms with E-state index in [0.29, 0.717) is 5.82 Å². The summed E-state index contributed by atoms with van der Waals surface area (Å²) >= 11 is 0. The molecule has 5 rings (SSSR count). The molecule has 2 aliphatic rings. The molecule has 1 aliphatic carbocycles. The molecule has 36 heavy (non-hydrogen) atoms. The Kier molecular flexibility index (Phi) is 5.78. The fourth-order valence-electron chi connectivity index (χ4n) is 4.99. The maximum Gasteiger partial charge on any atom is 0.275 e. The third-order valence-electron chi connectivity index (χ3n) is 7.65. The minimum atomic E-state index is -2.92. The minimum absolute atomic E-state index is 0.00115. The molecule has 0 spiro atoms. The van der Waals surface area contributed by atoms with Crippen molar-refractivity contribution in [3.05, 3.63) is 58.8 Å². The molecule has 2 unspecified atom stereocenters. The van der Waals surface area contributed by atoms with Gasteiger partial charge in [0.15, 0.2) is 11.4 Å². The highest BCUT2D eigenvalue weighted by Gasteiger charge is 2.52. The second kappa shape index (κ2) is 8.47. The van der Waals surface area contributed by atoms with Gasteiger partial charge in [0.25, 0.3) is 11.8 Å². The van der Waals surface area contributed by atoms with Crippen LogP contribution in [0.2, 0.25) is 0 Å². The molecule has 8 heteroatoms. The van der Waals surface area contributed by atoms with E-state index in [4.69, 9.17) is 4.74 Å². The number of hydrogen-bond donors (Lipinski definition) is 1. The summed E-state index contributed by atoms with van der Waals surface area (Å²) in [4.78, 5) is 15.2. The Bertz CT molecular complexity index is 1350. The molecule has 1 N–H and O–H groups in total. The van der Waals surface area contributed by atoms with Crippen molar-refractivity contribution >= 4 is 28.2 Å². The summed E-state index contributed by atoms with van der Waals surface area (Å²) in [5, 5.41) is 13.8. The number of ether oxygens (including phenoxy) is 1. The molecule has 1 saturated carbocycles. The van der Waals surface area contributed by atoms with Gasteiger partial charge in [0.2, 0.25) is 0 Å². The summed E-state index contributed by atoms with van der Waals surface area (Å²) in [6, 6.07) is 10.4. The number of carbonyl (C=O) groups is 1. The average Bonchev–Trinajstić information content (AvgIpc) is 3.67. The van der Waals surface area contributed by atoms with E-state index in [9.17, 15) is 13.6 Å². The fourth-order valence-corrected chi connectivity index (χ4v) is 4.99. The standard InChI is InChI=1S/C28H32F2N4O2/c1-15(2)28(29,30)19-9-7-8-18(12-19)16(3)31-25-22-14-24-23(13-21(22)17(4)32-33-25)27(5,36-6)26(35)34(24)20-10-11-20/h7-9,12-16,20H,10-11H2,1-6H3,(H,31,33). The van der Waals surface area contributed by atoms with Crippen molar-refractivity contribution in [2.24, 2.45) is 5.92 Å². The van der Waals surface area contributed by atoms with Crippen molar-refractivity contribution in [3.63, 3.8) is 0 Å². The number of carbonyl (C=O) groups excluding carboxylic acids is 1. The number of hydrogen-bond acceptors (Lipinski definition) is 5. The number of fused-ring (bicyclic) bond motifs is 2. The number of aryl methyl sites for hydroxylation is 1. The lowest BCUT2D eigenvalue weighted by molar-refractivity contribution is -0.137. The Morgan fingerprint density at radius 1 is 1.14 bits per heavy atom. The normalized spacial score (nSPS) is 20.8. The Labute approximate surface area is 210 Å². The van der Waals surface area contributed by atoms with E-state index in [-0.39, 0.29) is 23.6 Å². The molecule has 1 amide bonds. The lowest BCUT2D eigenvalue weighted by Crippen LogP contribution is -2.40. The molecular formula is C28H32F2N4O2. The van der Waals surface area contributed by atoms with Crippen molar-refractivity contribution in [3.8, 4) is 0 Å². The molecule has 0 saturated heterocycles. The van der Waals surface area contributed by atoms with Gasteiger partial charge >= 0.3 is 0 Å². The van der Waals surface area contributed by atoms with Crippen LogP contribution in [0.1, 0.15) is 69.0 Å². The molecule has 2 aromatic carbocycles. The lowest BCUT2D eigenvalue weighted by atomic mass is 9.94. The number of halogens is 2. The van der Waals surface area contributed by atoms with Crippen LogP contribution in [0.5, 0.6) is 0 Å². The average molecular weight is 495 g/mol. The second-order valence-electron chi connectivity index (χ2n) is 10.5. The van der Waals surface area contributed by atoms with E-state index >= 15 is 0 Å². The number of alkyl halides is 2. The smallest absolute Gasteiger partial charge is 0.275 e. The van der Waals surface area contributed by atoms with Gasteiger partial charge in [0.1, 0.15) is 0 Å². The van der Waals surface area contributed by atoms with Crippen LogP contribution in [0, 0.1) is 12.8 Å². The maximum absolute atomic E-state index is 14.7. The molecule has 2 heterocycles. The van der Waals surface area contributed by atoms with Crippen LogP contribution >= 0.6 is 0 Å². The number of amides is 1. The van der Waals surface area contributed by atoms with Crippen LogP contribution in [-0.2, 0) is 21.1 Å². The summed E-state index contributed by atoms with van der Waals surface area (Å²) in [6.07, 6.45) is 1.94. The van der Waals surface area contributed by atoms with E-state index in [1.807, 2.05) is 43.9 Å². The Balaban J connectivity index is 1.56. The van der Waals surface area contributed by atoms with Gasteiger partial charge in [-0.2, -0.15) is 5.10 Å². The molecule has 6 nitrogen and oxygen atoms in total. The van der Waals surface area contributed by atoms with Gasteiger partial charge in [-0.1, -0.05) is 32.0 Å². The molecule has 2 atom stereocenters. The highest BCUT2D eigenvalue weighted by atomic mass is 19.3. The molecule has 1 aliphatic heterocycles. The summed E-state index contributed by atoms with van der Waals surface area (Å²) < 4.78 is 35.1. The first kappa shape index (κ1) is 24.6. The highest BCUT2D eigenvalue weighted by Crippen LogP contribution is 2.49. The van der Waals surface area contributed by atoms with Crippen molar-refractivity contribution in [1.29, 1.82) is 0 Å². The van der Waals surface area contributed by atoms with Crippen LogP contribution in [0.25, 0.3) is 10.8 Å². The summed E-state index contributed by atoms with van der Waals surface area (Å²) in [5.41, 5.74) is 2.07. The van der Waals surface area contributed by atoms with E-state index in [1.165, 1.54) is 19.9 Å². The SMILES string of the molecule is COC1(C)C(=O)N(C2CC2)c2cc3c(NC(C)c4cccc(C(F)(F)C(C)C)c4)nnc(C)c3cc21. The predicted molar refractivity (Wildman–Crippen MR) is 136 cm³/mol. The molecule has 1 fully saturated rings. The molecule has 1 aromatic heterocycles. The van der Waals surface area contributed by atoms with E-state index in [1.54, 1.807) is 19.2 Å². The van der Waals surface area contributed by atoms with Crippen molar-refractivity contribution in [2.45, 2.75) is 71.1 Å². The largest absolute Gasteiger partial charge is 0.364 e. The number of nitrogens with one attached hydrogen (secondary N) is 1. The number of nitrogens with zero attached hydrogens (tertiary/aromatic N) is 3. The van der Waals surface area contributed by atoms with E-state index in [2.05, 4.69) is 15.5 Å². The predicted octanol–water partition coefficient (Wildman–Crippen LogP) is 6.23. The van der Waals surface area contributed by atoms with Crippen LogP contribution in [0.15, 0.2) is 36.4 Å². The van der Waals surface area contributed by atoms with E-state index in [0.717, 1.165) is 46.1 Å². The molecule has 0 bridgehead atoms. The van der Waals surface area contributed by atoms with Crippen LogP contribution in [0.3, 0.4) is 0 Å². The number of anilines is 2. The molecule has 0 radical (unpaired) electrons. The first-order valence-corrected chi connectivity index (χ1v) is 12.4. The monoisotopic (exact) mass is 494 g/mol. The first-order chi connectivity index (χ1) is 17.0. The van der Waals surface area contributed by atoms with Crippen LogP contribution in [-0.4, -0.2) is 29.3 Å². The van der Waals surface area contributed by atoms with Gasteiger partial charge < -0.3 is 15.0 Å². The van der Waals surface area contributed by atoms with Gasteiger partial charge in [-0.3, -0.25) is 4.79 Å². The minimum Gasteiger partial charge on any atom is -0.364 e. The van der Waals surface area contributed by atoms with Gasteiger partial charge in [0, 0.05) is 41.0 Å². The Morgan fingerprint density at radius 3 is 2.50 bits per heavy atom. The molecule has 3 aromatic rings. The van der Waals surface area contributed by atoms with Crippen molar-refractivity contribution in [1.82, 2.24) is 10.2 Å². The molecular weight excluding hydrogens is 462 g/mol. The number of methoxy groups -OCH3 is 1. The van der Waals surface area contributed by atoms with Gasteiger partial charge in [-0.05, 0) is 57.4 Å². The summed E-state index contributed by atoms with van der Waals surface area (Å²) in [5.74, 6) is -3.23. The number of benzene rings is 2. The van der Waals surface area contributed by atoms with E-state index < -0.39 is 17.4 Å². The number of aromatic nitrogens is 2. The Hall–Kier alpha value is -3.13. The second-order valence-corrected chi connectivity index (χ2v) is 10.5. The fraction of sp³-hybridized carbons (Fsp3) is 0.464. The van der Waals surface area contributed by atoms with Gasteiger partial charge in [-0.15, -0.1) is 5.10 Å². The van der Waals surface area contributed by atoms with Crippen LogP contribution in [0.4, 0.5) is 20.3 Å². The molecule has 190 valence electrons. The third kappa shape index (κ3) is 3.74. The van der Waals surface area contributed by atoms with Crippen LogP contribution < -0.4 is 10.2 Å². The zero-order chi connectivity index (χ0) is 26.0. The highest BCUT2D eigenvalue weighted by molar-refractivity contribution is 6.11. The lowest BCUT2D eigenvalue weighted by Gasteiger charge is -2.23. The first-order valence-electron chi connectivity index (χ1n) is 12.4. The Morgan fingerprint density at radius 2 is 1.86 bits per heavy atom. The third-order valence-corrected chi connectivity index (χ3v) is 7.65. The number of rotatable bonds is 7. The summed E-state index contributed by atoms with van der Waals surface area (Å²) in [6.45, 7) is 8.64. The quantitative estimate of drug-likeness (QED) is 0.422. The topological polar surface area (TPSA) is 67.3 Å². The zero-order valence-electron chi connectivity index (χ0n) is 21.5.